The van der Waals surface area contributed by atoms with Crippen LogP contribution in [0.25, 0.3) is 0 Å². The number of aryl methyl sites for hydroxylation is 1. The highest BCUT2D eigenvalue weighted by Crippen LogP contribution is 2.27. The Morgan fingerprint density at radius 3 is 2.78 bits per heavy atom. The molecule has 0 fully saturated rings. The minimum absolute atomic E-state index is 0.404. The van der Waals surface area contributed by atoms with Crippen molar-refractivity contribution >= 4 is 17.6 Å². The van der Waals surface area contributed by atoms with Crippen LogP contribution in [0.4, 0.5) is 5.82 Å². The first kappa shape index (κ1) is 12.9. The maximum atomic E-state index is 10.1. The number of thioether (sulfide) groups is 1. The predicted octanol–water partition coefficient (Wildman–Crippen LogP) is 2.80. The average Bonchev–Trinajstić information content (AvgIpc) is 2.40. The molecule has 0 spiro atoms. The van der Waals surface area contributed by atoms with Crippen molar-refractivity contribution in [1.82, 2.24) is 4.98 Å². The van der Waals surface area contributed by atoms with Crippen molar-refractivity contribution in [2.75, 3.05) is 11.5 Å². The molecule has 0 radical (unpaired) electrons. The molecule has 0 aliphatic carbocycles. The lowest BCUT2D eigenvalue weighted by Gasteiger charge is -2.13. The molecule has 0 bridgehead atoms. The van der Waals surface area contributed by atoms with E-state index in [-0.39, 0.29) is 0 Å². The first-order valence-corrected chi connectivity index (χ1v) is 6.73. The molecule has 1 aromatic carbocycles. The first-order valence-electron chi connectivity index (χ1n) is 5.75. The molecule has 1 heterocycles. The summed E-state index contributed by atoms with van der Waals surface area (Å²) in [6.07, 6.45) is 1.11. The third kappa shape index (κ3) is 3.24. The van der Waals surface area contributed by atoms with E-state index in [1.54, 1.807) is 18.0 Å². The van der Waals surface area contributed by atoms with Gasteiger partial charge in [-0.1, -0.05) is 18.2 Å². The number of aliphatic hydroxyl groups is 1. The SMILES string of the molecule is Cc1cnc(N)c(C(O)CSc2ccccc2)c1. The Hall–Kier alpha value is -1.52. The van der Waals surface area contributed by atoms with Gasteiger partial charge in [0.05, 0.1) is 6.10 Å². The van der Waals surface area contributed by atoms with Crippen molar-refractivity contribution in [1.29, 1.82) is 0 Å². The van der Waals surface area contributed by atoms with Crippen molar-refractivity contribution < 1.29 is 5.11 Å². The number of rotatable bonds is 4. The summed E-state index contributed by atoms with van der Waals surface area (Å²) in [7, 11) is 0. The van der Waals surface area contributed by atoms with Gasteiger partial charge in [-0.2, -0.15) is 0 Å². The summed E-state index contributed by atoms with van der Waals surface area (Å²) < 4.78 is 0. The molecular weight excluding hydrogens is 244 g/mol. The lowest BCUT2D eigenvalue weighted by atomic mass is 10.1. The molecule has 94 valence electrons. The van der Waals surface area contributed by atoms with Crippen molar-refractivity contribution in [2.24, 2.45) is 0 Å². The Kier molecular flexibility index (Phi) is 4.23. The lowest BCUT2D eigenvalue weighted by molar-refractivity contribution is 0.204. The maximum absolute atomic E-state index is 10.1. The second kappa shape index (κ2) is 5.89. The summed E-state index contributed by atoms with van der Waals surface area (Å²) in [4.78, 5) is 5.20. The number of nitrogens with zero attached hydrogens (tertiary/aromatic N) is 1. The molecule has 18 heavy (non-hydrogen) atoms. The van der Waals surface area contributed by atoms with Crippen LogP contribution < -0.4 is 5.73 Å². The number of aromatic nitrogens is 1. The smallest absolute Gasteiger partial charge is 0.129 e. The van der Waals surface area contributed by atoms with Gasteiger partial charge in [-0.15, -0.1) is 11.8 Å². The van der Waals surface area contributed by atoms with Gasteiger partial charge < -0.3 is 10.8 Å². The fraction of sp³-hybridized carbons (Fsp3) is 0.214. The Bertz CT molecular complexity index is 516. The molecule has 0 saturated heterocycles. The summed E-state index contributed by atoms with van der Waals surface area (Å²) >= 11 is 1.60. The minimum Gasteiger partial charge on any atom is -0.387 e. The normalized spacial score (nSPS) is 12.3. The number of benzene rings is 1. The van der Waals surface area contributed by atoms with Crippen molar-refractivity contribution in [3.05, 3.63) is 53.7 Å². The van der Waals surface area contributed by atoms with Gasteiger partial charge in [0.15, 0.2) is 0 Å². The van der Waals surface area contributed by atoms with Crippen LogP contribution in [0.5, 0.6) is 0 Å². The molecule has 0 aliphatic heterocycles. The Morgan fingerprint density at radius 1 is 1.33 bits per heavy atom. The highest BCUT2D eigenvalue weighted by molar-refractivity contribution is 7.99. The lowest BCUT2D eigenvalue weighted by Crippen LogP contribution is -2.06. The zero-order valence-electron chi connectivity index (χ0n) is 10.2. The molecule has 1 unspecified atom stereocenters. The molecule has 4 heteroatoms. The molecule has 2 aromatic rings. The highest BCUT2D eigenvalue weighted by atomic mass is 32.2. The number of pyridine rings is 1. The molecule has 3 nitrogen and oxygen atoms in total. The zero-order chi connectivity index (χ0) is 13.0. The molecular formula is C14H16N2OS. The first-order chi connectivity index (χ1) is 8.66. The van der Waals surface area contributed by atoms with Crippen LogP contribution in [0, 0.1) is 6.92 Å². The number of nitrogen functional groups attached to an aromatic ring is 1. The third-order valence-corrected chi connectivity index (χ3v) is 3.68. The topological polar surface area (TPSA) is 59.1 Å². The molecule has 0 saturated carbocycles. The van der Waals surface area contributed by atoms with Crippen LogP contribution in [-0.2, 0) is 0 Å². The van der Waals surface area contributed by atoms with Crippen LogP contribution >= 0.6 is 11.8 Å². The number of hydrogen-bond donors (Lipinski definition) is 2. The molecule has 1 atom stereocenters. The number of hydrogen-bond acceptors (Lipinski definition) is 4. The molecule has 3 N–H and O–H groups in total. The van der Waals surface area contributed by atoms with Gasteiger partial charge in [-0.25, -0.2) is 4.98 Å². The summed E-state index contributed by atoms with van der Waals surface area (Å²) in [5, 5.41) is 10.1. The van der Waals surface area contributed by atoms with Crippen LogP contribution in [0.2, 0.25) is 0 Å². The monoisotopic (exact) mass is 260 g/mol. The second-order valence-corrected chi connectivity index (χ2v) is 5.22. The van der Waals surface area contributed by atoms with E-state index >= 15 is 0 Å². The fourth-order valence-electron chi connectivity index (χ4n) is 1.65. The maximum Gasteiger partial charge on any atom is 0.129 e. The van der Waals surface area contributed by atoms with E-state index < -0.39 is 6.10 Å². The van der Waals surface area contributed by atoms with Crippen LogP contribution in [0.15, 0.2) is 47.5 Å². The average molecular weight is 260 g/mol. The van der Waals surface area contributed by atoms with Crippen molar-refractivity contribution in [2.45, 2.75) is 17.9 Å². The Labute approximate surface area is 111 Å². The highest BCUT2D eigenvalue weighted by Gasteiger charge is 2.12. The third-order valence-electron chi connectivity index (χ3n) is 2.60. The number of aliphatic hydroxyl groups excluding tert-OH is 1. The Balaban J connectivity index is 2.03. The molecule has 0 amide bonds. The van der Waals surface area contributed by atoms with Gasteiger partial charge in [0.25, 0.3) is 0 Å². The van der Waals surface area contributed by atoms with Crippen molar-refractivity contribution in [3.63, 3.8) is 0 Å². The van der Waals surface area contributed by atoms with E-state index in [1.165, 1.54) is 0 Å². The number of anilines is 1. The van der Waals surface area contributed by atoms with Gasteiger partial charge in [-0.3, -0.25) is 0 Å². The van der Waals surface area contributed by atoms with Gasteiger partial charge in [0.1, 0.15) is 5.82 Å². The van der Waals surface area contributed by atoms with Crippen LogP contribution in [0.1, 0.15) is 17.2 Å². The summed E-state index contributed by atoms with van der Waals surface area (Å²) in [6, 6.07) is 11.9. The molecule has 0 aliphatic rings. The zero-order valence-corrected chi connectivity index (χ0v) is 11.0. The van der Waals surface area contributed by atoms with Crippen LogP contribution in [0.3, 0.4) is 0 Å². The van der Waals surface area contributed by atoms with Gasteiger partial charge >= 0.3 is 0 Å². The van der Waals surface area contributed by atoms with Gasteiger partial charge in [-0.05, 0) is 30.7 Å². The second-order valence-electron chi connectivity index (χ2n) is 4.13. The minimum atomic E-state index is -0.595. The van der Waals surface area contributed by atoms with Gasteiger partial charge in [0.2, 0.25) is 0 Å². The standard InChI is InChI=1S/C14H16N2OS/c1-10-7-12(14(15)16-8-10)13(17)9-18-11-5-3-2-4-6-11/h2-8,13,17H,9H2,1H3,(H2,15,16). The predicted molar refractivity (Wildman–Crippen MR) is 75.5 cm³/mol. The molecule has 2 rings (SSSR count). The largest absolute Gasteiger partial charge is 0.387 e. The number of nitrogens with two attached hydrogens (primary N) is 1. The van der Waals surface area contributed by atoms with E-state index in [9.17, 15) is 5.11 Å². The molecule has 1 aromatic heterocycles. The van der Waals surface area contributed by atoms with E-state index in [4.69, 9.17) is 5.73 Å². The summed E-state index contributed by atoms with van der Waals surface area (Å²) in [5.41, 5.74) is 7.49. The van der Waals surface area contributed by atoms with E-state index in [1.807, 2.05) is 43.3 Å². The van der Waals surface area contributed by atoms with Crippen LogP contribution in [-0.4, -0.2) is 15.8 Å². The van der Waals surface area contributed by atoms with E-state index in [0.29, 0.717) is 17.1 Å². The summed E-state index contributed by atoms with van der Waals surface area (Å²) in [5.74, 6) is 0.973. The van der Waals surface area contributed by atoms with E-state index in [0.717, 1.165) is 10.5 Å². The fourth-order valence-corrected chi connectivity index (χ4v) is 2.53. The van der Waals surface area contributed by atoms with E-state index in [2.05, 4.69) is 4.98 Å². The quantitative estimate of drug-likeness (QED) is 0.830. The Morgan fingerprint density at radius 2 is 2.06 bits per heavy atom. The summed E-state index contributed by atoms with van der Waals surface area (Å²) in [6.45, 7) is 1.94. The van der Waals surface area contributed by atoms with Crippen molar-refractivity contribution in [3.8, 4) is 0 Å². The van der Waals surface area contributed by atoms with Gasteiger partial charge in [0, 0.05) is 22.4 Å².